The van der Waals surface area contributed by atoms with Crippen LogP contribution in [0.2, 0.25) is 0 Å². The van der Waals surface area contributed by atoms with Crippen LogP contribution < -0.4 is 5.73 Å². The molecule has 5 nitrogen and oxygen atoms in total. The number of nitrogens with two attached hydrogens (primary N) is 1. The minimum Gasteiger partial charge on any atom is -0.366 e. The van der Waals surface area contributed by atoms with E-state index in [1.165, 1.54) is 6.26 Å². The van der Waals surface area contributed by atoms with Crippen LogP contribution in [-0.4, -0.2) is 30.8 Å². The van der Waals surface area contributed by atoms with Crippen LogP contribution in [0, 0.1) is 0 Å². The molecule has 1 heterocycles. The topological polar surface area (TPSA) is 90.1 Å². The predicted molar refractivity (Wildman–Crippen MR) is 129 cm³/mol. The zero-order valence-electron chi connectivity index (χ0n) is 17.9. The Kier molecular flexibility index (Phi) is 5.80. The van der Waals surface area contributed by atoms with E-state index in [0.717, 1.165) is 38.7 Å². The Morgan fingerprint density at radius 3 is 2.34 bits per heavy atom. The molecule has 0 radical (unpaired) electrons. The van der Waals surface area contributed by atoms with Crippen LogP contribution in [-0.2, 0) is 16.3 Å². The third-order valence-electron chi connectivity index (χ3n) is 5.67. The highest BCUT2D eigenvalue weighted by molar-refractivity contribution is 7.91. The van der Waals surface area contributed by atoms with E-state index in [1.807, 2.05) is 60.7 Å². The number of carbonyl (C=O) groups excluding carboxylic acids is 1. The Morgan fingerprint density at radius 2 is 1.62 bits per heavy atom. The van der Waals surface area contributed by atoms with Gasteiger partial charge in [0.25, 0.3) is 0 Å². The average Bonchev–Trinajstić information content (AvgIpc) is 2.78. The number of benzene rings is 3. The maximum Gasteiger partial charge on any atom is 0.248 e. The molecule has 1 atom stereocenters. The van der Waals surface area contributed by atoms with Crippen LogP contribution in [0.4, 0.5) is 0 Å². The molecule has 0 saturated heterocycles. The number of pyridine rings is 1. The van der Waals surface area contributed by atoms with Crippen molar-refractivity contribution >= 4 is 26.6 Å². The molecule has 6 heteroatoms. The summed E-state index contributed by atoms with van der Waals surface area (Å²) in [5, 5.41) is 0.481. The summed E-state index contributed by atoms with van der Waals surface area (Å²) < 4.78 is 24.0. The summed E-state index contributed by atoms with van der Waals surface area (Å²) in [7, 11) is -3.14. The van der Waals surface area contributed by atoms with Gasteiger partial charge in [-0.15, -0.1) is 0 Å². The molecule has 0 aliphatic carbocycles. The van der Waals surface area contributed by atoms with E-state index in [1.54, 1.807) is 25.3 Å². The van der Waals surface area contributed by atoms with E-state index < -0.39 is 21.0 Å². The second kappa shape index (κ2) is 8.55. The van der Waals surface area contributed by atoms with Crippen molar-refractivity contribution in [1.82, 2.24) is 4.98 Å². The summed E-state index contributed by atoms with van der Waals surface area (Å²) in [6, 6.07) is 23.1. The van der Waals surface area contributed by atoms with E-state index >= 15 is 0 Å². The SMILES string of the molecule is CC(Cc1cc(-c2cccc(-c3cccc(C(N)=O)c3)c2)c2ncccc2c1)S(C)(=O)=O. The lowest BCUT2D eigenvalue weighted by atomic mass is 9.94. The maximum atomic E-state index is 12.0. The average molecular weight is 445 g/mol. The van der Waals surface area contributed by atoms with E-state index in [-0.39, 0.29) is 0 Å². The minimum absolute atomic E-state index is 0.428. The quantitative estimate of drug-likeness (QED) is 0.469. The Hall–Kier alpha value is -3.51. The predicted octanol–water partition coefficient (Wildman–Crippen LogP) is 4.64. The van der Waals surface area contributed by atoms with Gasteiger partial charge < -0.3 is 5.73 Å². The molecule has 4 aromatic rings. The second-order valence-corrected chi connectivity index (χ2v) is 10.6. The highest BCUT2D eigenvalue weighted by atomic mass is 32.2. The number of carbonyl (C=O) groups is 1. The Morgan fingerprint density at radius 1 is 0.938 bits per heavy atom. The molecule has 0 aliphatic rings. The first-order valence-electron chi connectivity index (χ1n) is 10.3. The Bertz CT molecular complexity index is 1430. The molecule has 0 aliphatic heterocycles. The molecular formula is C26H24N2O3S. The first-order chi connectivity index (χ1) is 15.2. The van der Waals surface area contributed by atoms with E-state index in [2.05, 4.69) is 4.98 Å². The fourth-order valence-corrected chi connectivity index (χ4v) is 4.29. The first kappa shape index (κ1) is 21.7. The molecule has 1 aromatic heterocycles. The third kappa shape index (κ3) is 4.55. The highest BCUT2D eigenvalue weighted by Gasteiger charge is 2.17. The van der Waals surface area contributed by atoms with Gasteiger partial charge in [-0.2, -0.15) is 0 Å². The fourth-order valence-electron chi connectivity index (χ4n) is 3.79. The summed E-state index contributed by atoms with van der Waals surface area (Å²) in [6.45, 7) is 1.73. The van der Waals surface area contributed by atoms with Gasteiger partial charge in [0.15, 0.2) is 0 Å². The molecule has 3 aromatic carbocycles. The number of primary amides is 1. The summed E-state index contributed by atoms with van der Waals surface area (Å²) in [6.07, 6.45) is 3.45. The van der Waals surface area contributed by atoms with E-state index in [0.29, 0.717) is 12.0 Å². The number of sulfone groups is 1. The van der Waals surface area contributed by atoms with Crippen LogP contribution in [0.5, 0.6) is 0 Å². The van der Waals surface area contributed by atoms with Gasteiger partial charge in [-0.1, -0.05) is 36.4 Å². The van der Waals surface area contributed by atoms with Crippen molar-refractivity contribution in [1.29, 1.82) is 0 Å². The van der Waals surface area contributed by atoms with Gasteiger partial charge >= 0.3 is 0 Å². The van der Waals surface area contributed by atoms with Gasteiger partial charge in [0, 0.05) is 29.0 Å². The number of fused-ring (bicyclic) bond motifs is 1. The molecule has 0 spiro atoms. The standard InChI is InChI=1S/C26H24N2O3S/c1-17(32(2,30)31)12-18-13-22-10-5-11-28-25(22)24(14-18)21-8-3-6-19(15-21)20-7-4-9-23(16-20)26(27)29/h3-11,13-17H,12H2,1-2H3,(H2,27,29). The fraction of sp³-hybridized carbons (Fsp3) is 0.154. The lowest BCUT2D eigenvalue weighted by Crippen LogP contribution is -2.18. The summed E-state index contributed by atoms with van der Waals surface area (Å²) in [4.78, 5) is 16.2. The molecule has 162 valence electrons. The third-order valence-corrected chi connectivity index (χ3v) is 7.30. The molecule has 0 saturated carbocycles. The maximum absolute atomic E-state index is 12.0. The highest BCUT2D eigenvalue weighted by Crippen LogP contribution is 2.32. The number of nitrogens with zero attached hydrogens (tertiary/aromatic N) is 1. The molecule has 1 unspecified atom stereocenters. The summed E-state index contributed by atoms with van der Waals surface area (Å²) >= 11 is 0. The van der Waals surface area contributed by atoms with Gasteiger partial charge in [-0.05, 0) is 72.0 Å². The summed E-state index contributed by atoms with van der Waals surface area (Å²) in [5.74, 6) is -0.467. The lowest BCUT2D eigenvalue weighted by Gasteiger charge is -2.14. The van der Waals surface area contributed by atoms with Crippen LogP contribution >= 0.6 is 0 Å². The van der Waals surface area contributed by atoms with E-state index in [9.17, 15) is 13.2 Å². The van der Waals surface area contributed by atoms with Crippen molar-refractivity contribution in [2.45, 2.75) is 18.6 Å². The largest absolute Gasteiger partial charge is 0.366 e. The number of hydrogen-bond acceptors (Lipinski definition) is 4. The van der Waals surface area contributed by atoms with Crippen molar-refractivity contribution in [3.05, 3.63) is 90.1 Å². The van der Waals surface area contributed by atoms with Gasteiger partial charge in [0.1, 0.15) is 9.84 Å². The molecule has 1 amide bonds. The normalized spacial score (nSPS) is 12.6. The smallest absolute Gasteiger partial charge is 0.248 e. The number of rotatable bonds is 6. The van der Waals surface area contributed by atoms with Crippen LogP contribution in [0.15, 0.2) is 79.0 Å². The Labute approximate surface area is 187 Å². The van der Waals surface area contributed by atoms with Crippen molar-refractivity contribution in [3.8, 4) is 22.3 Å². The van der Waals surface area contributed by atoms with Crippen molar-refractivity contribution in [3.63, 3.8) is 0 Å². The van der Waals surface area contributed by atoms with Crippen molar-refractivity contribution in [2.24, 2.45) is 5.73 Å². The number of amides is 1. The van der Waals surface area contributed by atoms with Gasteiger partial charge in [-0.25, -0.2) is 8.42 Å². The summed E-state index contributed by atoms with van der Waals surface area (Å²) in [5.41, 5.74) is 11.4. The van der Waals surface area contributed by atoms with Crippen molar-refractivity contribution < 1.29 is 13.2 Å². The molecule has 0 fully saturated rings. The first-order valence-corrected chi connectivity index (χ1v) is 12.2. The lowest BCUT2D eigenvalue weighted by molar-refractivity contribution is 0.100. The van der Waals surface area contributed by atoms with Crippen LogP contribution in [0.25, 0.3) is 33.2 Å². The molecular weight excluding hydrogens is 420 g/mol. The van der Waals surface area contributed by atoms with Gasteiger partial charge in [0.05, 0.1) is 10.8 Å². The molecule has 0 bridgehead atoms. The number of hydrogen-bond donors (Lipinski definition) is 1. The minimum atomic E-state index is -3.14. The second-order valence-electron chi connectivity index (χ2n) is 8.09. The van der Waals surface area contributed by atoms with Gasteiger partial charge in [0.2, 0.25) is 5.91 Å². The number of aromatic nitrogens is 1. The zero-order valence-corrected chi connectivity index (χ0v) is 18.8. The monoisotopic (exact) mass is 444 g/mol. The van der Waals surface area contributed by atoms with Crippen LogP contribution in [0.3, 0.4) is 0 Å². The van der Waals surface area contributed by atoms with Crippen LogP contribution in [0.1, 0.15) is 22.8 Å². The molecule has 32 heavy (non-hydrogen) atoms. The van der Waals surface area contributed by atoms with Crippen molar-refractivity contribution in [2.75, 3.05) is 6.26 Å². The zero-order chi connectivity index (χ0) is 22.9. The molecule has 2 N–H and O–H groups in total. The molecule has 4 rings (SSSR count). The van der Waals surface area contributed by atoms with E-state index in [4.69, 9.17) is 5.73 Å². The Balaban J connectivity index is 1.84. The van der Waals surface area contributed by atoms with Gasteiger partial charge in [-0.3, -0.25) is 9.78 Å².